The Balaban J connectivity index is 1.49. The number of hydrogen-bond donors (Lipinski definition) is 2. The van der Waals surface area contributed by atoms with Gasteiger partial charge in [-0.15, -0.1) is 0 Å². The summed E-state index contributed by atoms with van der Waals surface area (Å²) in [5.74, 6) is 1.39. The zero-order valence-electron chi connectivity index (χ0n) is 15.9. The molecule has 2 aromatic carbocycles. The van der Waals surface area contributed by atoms with Crippen LogP contribution in [0.2, 0.25) is 0 Å². The summed E-state index contributed by atoms with van der Waals surface area (Å²) in [5, 5.41) is 6.18. The number of hydrogen-bond acceptors (Lipinski definition) is 5. The summed E-state index contributed by atoms with van der Waals surface area (Å²) in [6, 6.07) is 15.5. The number of thioether (sulfide) groups is 1. The second-order valence-corrected chi connectivity index (χ2v) is 7.68. The standard InChI is InChI=1S/C22H19FN2O3S/c1-13-3-9-19(27-2)17(11-13)24-22-25-21(26)20(29-22)12-16-8-10-18(28-16)14-4-6-15(23)7-5-14/h3-12,22,24H,1-2H3,(H,25,26)/b20-12-. The van der Waals surface area contributed by atoms with E-state index in [0.29, 0.717) is 22.2 Å². The lowest BCUT2D eigenvalue weighted by molar-refractivity contribution is -0.116. The second kappa shape index (κ2) is 8.05. The molecule has 1 saturated heterocycles. The van der Waals surface area contributed by atoms with Gasteiger partial charge in [0.2, 0.25) is 0 Å². The molecule has 29 heavy (non-hydrogen) atoms. The molecule has 0 aliphatic carbocycles. The minimum atomic E-state index is -0.323. The van der Waals surface area contributed by atoms with Crippen molar-refractivity contribution in [3.63, 3.8) is 0 Å². The first-order valence-electron chi connectivity index (χ1n) is 8.98. The number of aryl methyl sites for hydroxylation is 1. The lowest BCUT2D eigenvalue weighted by Crippen LogP contribution is -2.31. The van der Waals surface area contributed by atoms with Crippen LogP contribution in [0.5, 0.6) is 5.75 Å². The molecule has 1 amide bonds. The minimum Gasteiger partial charge on any atom is -0.495 e. The van der Waals surface area contributed by atoms with Gasteiger partial charge in [0.25, 0.3) is 5.91 Å². The summed E-state index contributed by atoms with van der Waals surface area (Å²) >= 11 is 1.36. The maximum atomic E-state index is 13.1. The number of furan rings is 1. The summed E-state index contributed by atoms with van der Waals surface area (Å²) < 4.78 is 24.3. The largest absolute Gasteiger partial charge is 0.495 e. The van der Waals surface area contributed by atoms with Crippen molar-refractivity contribution < 1.29 is 18.3 Å². The summed E-state index contributed by atoms with van der Waals surface area (Å²) in [7, 11) is 1.61. The van der Waals surface area contributed by atoms with Crippen LogP contribution < -0.4 is 15.4 Å². The molecule has 1 fully saturated rings. The summed E-state index contributed by atoms with van der Waals surface area (Å²) in [6.45, 7) is 1.99. The molecule has 1 aliphatic heterocycles. The van der Waals surface area contributed by atoms with Crippen molar-refractivity contribution in [3.05, 3.63) is 76.6 Å². The van der Waals surface area contributed by atoms with Gasteiger partial charge >= 0.3 is 0 Å². The number of amides is 1. The van der Waals surface area contributed by atoms with Crippen LogP contribution in [0.25, 0.3) is 17.4 Å². The first-order chi connectivity index (χ1) is 14.0. The van der Waals surface area contributed by atoms with Crippen molar-refractivity contribution in [2.75, 3.05) is 12.4 Å². The fourth-order valence-corrected chi connectivity index (χ4v) is 3.93. The van der Waals surface area contributed by atoms with Crippen molar-refractivity contribution in [3.8, 4) is 17.1 Å². The lowest BCUT2D eigenvalue weighted by atomic mass is 10.2. The second-order valence-electron chi connectivity index (χ2n) is 6.54. The first-order valence-corrected chi connectivity index (χ1v) is 9.86. The maximum absolute atomic E-state index is 13.1. The zero-order chi connectivity index (χ0) is 20.4. The van der Waals surface area contributed by atoms with Crippen molar-refractivity contribution in [2.24, 2.45) is 0 Å². The van der Waals surface area contributed by atoms with Crippen LogP contribution in [-0.4, -0.2) is 18.5 Å². The molecule has 4 rings (SSSR count). The molecule has 1 unspecified atom stereocenters. The van der Waals surface area contributed by atoms with Gasteiger partial charge in [0.1, 0.15) is 23.1 Å². The normalized spacial score (nSPS) is 17.4. The Bertz CT molecular complexity index is 1080. The molecular weight excluding hydrogens is 391 g/mol. The molecule has 0 saturated carbocycles. The molecule has 0 radical (unpaired) electrons. The molecule has 2 N–H and O–H groups in total. The average Bonchev–Trinajstić information content (AvgIpc) is 3.30. The van der Waals surface area contributed by atoms with E-state index in [-0.39, 0.29) is 17.2 Å². The third-order valence-corrected chi connectivity index (χ3v) is 5.43. The molecular formula is C22H19FN2O3S. The van der Waals surface area contributed by atoms with E-state index >= 15 is 0 Å². The van der Waals surface area contributed by atoms with E-state index in [1.807, 2.05) is 25.1 Å². The number of carbonyl (C=O) groups excluding carboxylic acids is 1. The number of carbonyl (C=O) groups is 1. The number of nitrogens with one attached hydrogen (secondary N) is 2. The number of anilines is 1. The Kier molecular flexibility index (Phi) is 5.31. The molecule has 1 aromatic heterocycles. The summed E-state index contributed by atoms with van der Waals surface area (Å²) in [5.41, 5.74) is 2.34. The quantitative estimate of drug-likeness (QED) is 0.580. The minimum absolute atomic E-state index is 0.182. The highest BCUT2D eigenvalue weighted by atomic mass is 32.2. The van der Waals surface area contributed by atoms with Crippen molar-refractivity contribution in [1.29, 1.82) is 0 Å². The summed E-state index contributed by atoms with van der Waals surface area (Å²) in [6.07, 6.45) is 1.70. The van der Waals surface area contributed by atoms with Gasteiger partial charge in [-0.3, -0.25) is 4.79 Å². The van der Waals surface area contributed by atoms with Crippen LogP contribution in [-0.2, 0) is 4.79 Å². The van der Waals surface area contributed by atoms with Crippen molar-refractivity contribution in [2.45, 2.75) is 12.4 Å². The number of halogens is 1. The Morgan fingerprint density at radius 2 is 1.97 bits per heavy atom. The number of benzene rings is 2. The summed E-state index contributed by atoms with van der Waals surface area (Å²) in [4.78, 5) is 12.9. The van der Waals surface area contributed by atoms with Gasteiger partial charge in [0.15, 0.2) is 5.50 Å². The highest BCUT2D eigenvalue weighted by molar-refractivity contribution is 8.05. The van der Waals surface area contributed by atoms with Crippen LogP contribution in [0.4, 0.5) is 10.1 Å². The van der Waals surface area contributed by atoms with Crippen molar-refractivity contribution in [1.82, 2.24) is 5.32 Å². The number of rotatable bonds is 5. The Hall–Kier alpha value is -3.19. The average molecular weight is 410 g/mol. The van der Waals surface area contributed by atoms with E-state index in [9.17, 15) is 9.18 Å². The molecule has 0 bridgehead atoms. The smallest absolute Gasteiger partial charge is 0.260 e. The van der Waals surface area contributed by atoms with Crippen LogP contribution in [0.3, 0.4) is 0 Å². The molecule has 0 spiro atoms. The van der Waals surface area contributed by atoms with Gasteiger partial charge in [-0.1, -0.05) is 17.8 Å². The monoisotopic (exact) mass is 410 g/mol. The third kappa shape index (κ3) is 4.30. The Labute approximate surface area is 171 Å². The predicted octanol–water partition coefficient (Wildman–Crippen LogP) is 5.00. The highest BCUT2D eigenvalue weighted by Gasteiger charge is 2.28. The van der Waals surface area contributed by atoms with Gasteiger partial charge < -0.3 is 19.8 Å². The highest BCUT2D eigenvalue weighted by Crippen LogP contribution is 2.34. The fraction of sp³-hybridized carbons (Fsp3) is 0.136. The van der Waals surface area contributed by atoms with E-state index in [4.69, 9.17) is 9.15 Å². The third-order valence-electron chi connectivity index (χ3n) is 4.40. The SMILES string of the molecule is COc1ccc(C)cc1NC1NC(=O)/C(=C/c2ccc(-c3ccc(F)cc3)o2)S1. The predicted molar refractivity (Wildman–Crippen MR) is 113 cm³/mol. The topological polar surface area (TPSA) is 63.5 Å². The van der Waals surface area contributed by atoms with E-state index in [1.165, 1.54) is 23.9 Å². The van der Waals surface area contributed by atoms with E-state index in [0.717, 1.165) is 16.8 Å². The maximum Gasteiger partial charge on any atom is 0.260 e. The van der Waals surface area contributed by atoms with Crippen LogP contribution in [0.15, 0.2) is 63.9 Å². The molecule has 148 valence electrons. The van der Waals surface area contributed by atoms with Gasteiger partial charge in [0.05, 0.1) is 17.7 Å². The fourth-order valence-electron chi connectivity index (χ4n) is 2.97. The zero-order valence-corrected chi connectivity index (χ0v) is 16.7. The van der Waals surface area contributed by atoms with Crippen LogP contribution in [0.1, 0.15) is 11.3 Å². The number of methoxy groups -OCH3 is 1. The molecule has 1 atom stereocenters. The van der Waals surface area contributed by atoms with Crippen LogP contribution in [0, 0.1) is 12.7 Å². The number of ether oxygens (including phenoxy) is 1. The van der Waals surface area contributed by atoms with E-state index < -0.39 is 0 Å². The lowest BCUT2D eigenvalue weighted by Gasteiger charge is -2.16. The van der Waals surface area contributed by atoms with E-state index in [1.54, 1.807) is 37.5 Å². The van der Waals surface area contributed by atoms with Crippen LogP contribution >= 0.6 is 11.8 Å². The molecule has 3 aromatic rings. The Morgan fingerprint density at radius 1 is 1.17 bits per heavy atom. The van der Waals surface area contributed by atoms with E-state index in [2.05, 4.69) is 10.6 Å². The molecule has 1 aliphatic rings. The molecule has 7 heteroatoms. The van der Waals surface area contributed by atoms with Crippen molar-refractivity contribution >= 4 is 29.4 Å². The molecule has 5 nitrogen and oxygen atoms in total. The Morgan fingerprint density at radius 3 is 2.72 bits per heavy atom. The molecule has 2 heterocycles. The van der Waals surface area contributed by atoms with Gasteiger partial charge in [0, 0.05) is 11.6 Å². The van der Waals surface area contributed by atoms with Gasteiger partial charge in [-0.25, -0.2) is 4.39 Å². The van der Waals surface area contributed by atoms with Gasteiger partial charge in [-0.2, -0.15) is 0 Å². The van der Waals surface area contributed by atoms with Gasteiger partial charge in [-0.05, 0) is 61.0 Å². The first kappa shape index (κ1) is 19.1.